The second-order valence-corrected chi connectivity index (χ2v) is 8.51. The van der Waals surface area contributed by atoms with Crippen LogP contribution in [0.5, 0.6) is 0 Å². The van der Waals surface area contributed by atoms with Crippen molar-refractivity contribution in [3.63, 3.8) is 0 Å². The van der Waals surface area contributed by atoms with Crippen molar-refractivity contribution in [2.24, 2.45) is 7.05 Å². The third-order valence-electron chi connectivity index (χ3n) is 5.59. The quantitative estimate of drug-likeness (QED) is 0.390. The molecule has 0 aliphatic rings. The van der Waals surface area contributed by atoms with Gasteiger partial charge in [0.25, 0.3) is 5.91 Å². The maximum atomic E-state index is 12.8. The minimum atomic E-state index is -0.283. The molecule has 0 atom stereocenters. The van der Waals surface area contributed by atoms with Crippen LogP contribution in [-0.4, -0.2) is 20.8 Å². The predicted molar refractivity (Wildman–Crippen MR) is 135 cm³/mol. The van der Waals surface area contributed by atoms with Gasteiger partial charge in [-0.2, -0.15) is 5.10 Å². The van der Waals surface area contributed by atoms with E-state index in [1.165, 1.54) is 16.8 Å². The van der Waals surface area contributed by atoms with Crippen LogP contribution in [-0.2, 0) is 13.5 Å². The van der Waals surface area contributed by atoms with E-state index in [0.717, 1.165) is 28.6 Å². The molecular formula is C25H23ClN4OS. The average molecular weight is 463 g/mol. The van der Waals surface area contributed by atoms with Crippen LogP contribution < -0.4 is 10.6 Å². The number of anilines is 1. The Balaban J connectivity index is 1.42. The van der Waals surface area contributed by atoms with Gasteiger partial charge in [-0.1, -0.05) is 48.0 Å². The lowest BCUT2D eigenvalue weighted by atomic mass is 10.0. The predicted octanol–water partition coefficient (Wildman–Crippen LogP) is 5.56. The van der Waals surface area contributed by atoms with Crippen LogP contribution in [0.15, 0.2) is 60.7 Å². The largest absolute Gasteiger partial charge is 0.332 e. The molecule has 32 heavy (non-hydrogen) atoms. The Kier molecular flexibility index (Phi) is 6.26. The SMILES string of the molecule is Cc1nn(C)c(C)c1Cc1ccc(NC(=S)NC(=O)c2cccc3c(Cl)cccc23)cc1. The number of fused-ring (bicyclic) bond motifs is 1. The van der Waals surface area contributed by atoms with Crippen LogP contribution in [0, 0.1) is 13.8 Å². The van der Waals surface area contributed by atoms with Crippen molar-refractivity contribution >= 4 is 51.3 Å². The Morgan fingerprint density at radius 3 is 2.41 bits per heavy atom. The number of carbonyl (C=O) groups excluding carboxylic acids is 1. The normalized spacial score (nSPS) is 10.9. The van der Waals surface area contributed by atoms with Crippen LogP contribution >= 0.6 is 23.8 Å². The smallest absolute Gasteiger partial charge is 0.258 e. The van der Waals surface area contributed by atoms with E-state index in [4.69, 9.17) is 23.8 Å². The summed E-state index contributed by atoms with van der Waals surface area (Å²) >= 11 is 11.6. The number of aromatic nitrogens is 2. The number of hydrogen-bond donors (Lipinski definition) is 2. The zero-order chi connectivity index (χ0) is 22.8. The van der Waals surface area contributed by atoms with Crippen LogP contribution in [0.3, 0.4) is 0 Å². The van der Waals surface area contributed by atoms with Crippen LogP contribution in [0.25, 0.3) is 10.8 Å². The molecule has 5 nitrogen and oxygen atoms in total. The fourth-order valence-corrected chi connectivity index (χ4v) is 4.23. The number of aryl methyl sites for hydroxylation is 2. The summed E-state index contributed by atoms with van der Waals surface area (Å²) in [7, 11) is 1.96. The molecular weight excluding hydrogens is 440 g/mol. The van der Waals surface area contributed by atoms with Gasteiger partial charge in [-0.05, 0) is 61.3 Å². The molecule has 4 aromatic rings. The van der Waals surface area contributed by atoms with E-state index < -0.39 is 0 Å². The van der Waals surface area contributed by atoms with Gasteiger partial charge >= 0.3 is 0 Å². The third kappa shape index (κ3) is 4.52. The van der Waals surface area contributed by atoms with Crippen LogP contribution in [0.4, 0.5) is 5.69 Å². The highest BCUT2D eigenvalue weighted by Gasteiger charge is 2.13. The summed E-state index contributed by atoms with van der Waals surface area (Å²) in [6.07, 6.45) is 0.816. The van der Waals surface area contributed by atoms with Gasteiger partial charge in [0.15, 0.2) is 5.11 Å². The number of nitrogens with one attached hydrogen (secondary N) is 2. The van der Waals surface area contributed by atoms with Crippen molar-refractivity contribution in [1.29, 1.82) is 0 Å². The van der Waals surface area contributed by atoms with Gasteiger partial charge in [0, 0.05) is 46.4 Å². The van der Waals surface area contributed by atoms with E-state index in [1.807, 2.05) is 67.2 Å². The number of hydrogen-bond acceptors (Lipinski definition) is 3. The van der Waals surface area contributed by atoms with Gasteiger partial charge in [-0.25, -0.2) is 0 Å². The highest BCUT2D eigenvalue weighted by atomic mass is 35.5. The van der Waals surface area contributed by atoms with Gasteiger partial charge < -0.3 is 5.32 Å². The van der Waals surface area contributed by atoms with Crippen molar-refractivity contribution in [2.45, 2.75) is 20.3 Å². The molecule has 2 N–H and O–H groups in total. The first-order chi connectivity index (χ1) is 15.3. The Labute approximate surface area is 197 Å². The molecule has 0 aliphatic heterocycles. The first-order valence-electron chi connectivity index (χ1n) is 10.2. The van der Waals surface area contributed by atoms with E-state index in [2.05, 4.69) is 22.7 Å². The molecule has 1 amide bonds. The number of halogens is 1. The van der Waals surface area contributed by atoms with Crippen molar-refractivity contribution < 1.29 is 4.79 Å². The second kappa shape index (κ2) is 9.10. The molecule has 0 radical (unpaired) electrons. The summed E-state index contributed by atoms with van der Waals surface area (Å²) in [5, 5.41) is 12.8. The summed E-state index contributed by atoms with van der Waals surface area (Å²) in [6.45, 7) is 4.11. The van der Waals surface area contributed by atoms with Gasteiger partial charge in [-0.15, -0.1) is 0 Å². The lowest BCUT2D eigenvalue weighted by Crippen LogP contribution is -2.34. The monoisotopic (exact) mass is 462 g/mol. The third-order valence-corrected chi connectivity index (χ3v) is 6.13. The Hall–Kier alpha value is -3.22. The van der Waals surface area contributed by atoms with Crippen molar-refractivity contribution in [3.8, 4) is 0 Å². The molecule has 1 heterocycles. The van der Waals surface area contributed by atoms with E-state index in [0.29, 0.717) is 10.6 Å². The van der Waals surface area contributed by atoms with E-state index in [-0.39, 0.29) is 11.0 Å². The van der Waals surface area contributed by atoms with E-state index >= 15 is 0 Å². The zero-order valence-electron chi connectivity index (χ0n) is 18.1. The Morgan fingerprint density at radius 2 is 1.72 bits per heavy atom. The first kappa shape index (κ1) is 22.0. The highest BCUT2D eigenvalue weighted by Crippen LogP contribution is 2.26. The fourth-order valence-electron chi connectivity index (χ4n) is 3.79. The van der Waals surface area contributed by atoms with E-state index in [1.54, 1.807) is 12.1 Å². The van der Waals surface area contributed by atoms with Gasteiger partial charge in [0.05, 0.1) is 5.69 Å². The summed E-state index contributed by atoms with van der Waals surface area (Å²) in [4.78, 5) is 12.8. The molecule has 0 unspecified atom stereocenters. The average Bonchev–Trinajstić information content (AvgIpc) is 3.01. The van der Waals surface area contributed by atoms with Crippen molar-refractivity contribution in [1.82, 2.24) is 15.1 Å². The van der Waals surface area contributed by atoms with Crippen LogP contribution in [0.2, 0.25) is 5.02 Å². The van der Waals surface area contributed by atoms with Crippen LogP contribution in [0.1, 0.15) is 32.9 Å². The fraction of sp³-hybridized carbons (Fsp3) is 0.160. The van der Waals surface area contributed by atoms with Crippen molar-refractivity contribution in [2.75, 3.05) is 5.32 Å². The lowest BCUT2D eigenvalue weighted by Gasteiger charge is -2.12. The molecule has 0 bridgehead atoms. The number of thiocarbonyl (C=S) groups is 1. The molecule has 4 rings (SSSR count). The molecule has 0 saturated heterocycles. The van der Waals surface area contributed by atoms with E-state index in [9.17, 15) is 4.79 Å². The number of benzene rings is 3. The summed E-state index contributed by atoms with van der Waals surface area (Å²) in [5.41, 5.74) is 5.96. The number of carbonyl (C=O) groups is 1. The zero-order valence-corrected chi connectivity index (χ0v) is 19.6. The number of rotatable bonds is 4. The summed E-state index contributed by atoms with van der Waals surface area (Å²) < 4.78 is 1.91. The summed E-state index contributed by atoms with van der Waals surface area (Å²) in [6, 6.07) is 19.0. The minimum absolute atomic E-state index is 0.237. The lowest BCUT2D eigenvalue weighted by molar-refractivity contribution is 0.0979. The minimum Gasteiger partial charge on any atom is -0.332 e. The molecule has 0 aliphatic carbocycles. The Morgan fingerprint density at radius 1 is 1.03 bits per heavy atom. The summed E-state index contributed by atoms with van der Waals surface area (Å²) in [5.74, 6) is -0.283. The van der Waals surface area contributed by atoms with Gasteiger partial charge in [-0.3, -0.25) is 14.8 Å². The first-order valence-corrected chi connectivity index (χ1v) is 11.0. The highest BCUT2D eigenvalue weighted by molar-refractivity contribution is 7.80. The molecule has 0 saturated carbocycles. The van der Waals surface area contributed by atoms with Gasteiger partial charge in [0.2, 0.25) is 0 Å². The standard InChI is InChI=1S/C25H23ClN4OS/c1-15-22(16(2)30(3)29-15)14-17-10-12-18(13-11-17)27-25(32)28-24(31)21-8-4-7-20-19(21)6-5-9-23(20)26/h4-13H,14H2,1-3H3,(H2,27,28,31,32). The van der Waals surface area contributed by atoms with Gasteiger partial charge in [0.1, 0.15) is 0 Å². The molecule has 0 fully saturated rings. The van der Waals surface area contributed by atoms with Crippen molar-refractivity contribution in [3.05, 3.63) is 93.8 Å². The molecule has 1 aromatic heterocycles. The molecule has 0 spiro atoms. The second-order valence-electron chi connectivity index (χ2n) is 7.70. The maximum Gasteiger partial charge on any atom is 0.258 e. The molecule has 3 aromatic carbocycles. The molecule has 7 heteroatoms. The Bertz CT molecular complexity index is 1330. The number of amides is 1. The topological polar surface area (TPSA) is 59.0 Å². The molecule has 162 valence electrons. The maximum absolute atomic E-state index is 12.8. The number of nitrogens with zero attached hydrogens (tertiary/aromatic N) is 2.